The second kappa shape index (κ2) is 11.6. The standard InChI is InChI=1S/C20H26FN5O2.HI/c1-2-22-20(24-15-19(27)23-14-18-4-3-13-28-18)26-11-9-25(10-12-26)17-7-5-16(21)6-8-17;/h3-8,13H,2,9-12,14-15H2,1H3,(H,22,24)(H,23,27);1H. The summed E-state index contributed by atoms with van der Waals surface area (Å²) in [7, 11) is 0. The molecule has 2 heterocycles. The molecule has 2 aromatic rings. The van der Waals surface area contributed by atoms with Crippen molar-refractivity contribution in [3.05, 3.63) is 54.2 Å². The van der Waals surface area contributed by atoms with Crippen LogP contribution in [0.4, 0.5) is 10.1 Å². The van der Waals surface area contributed by atoms with Gasteiger partial charge in [0.05, 0.1) is 12.8 Å². The molecule has 0 atom stereocenters. The number of hydrogen-bond donors (Lipinski definition) is 2. The van der Waals surface area contributed by atoms with Crippen LogP contribution >= 0.6 is 24.0 Å². The number of nitrogens with zero attached hydrogens (tertiary/aromatic N) is 3. The number of rotatable bonds is 6. The first kappa shape index (κ1) is 23.0. The number of aliphatic imine (C=N–C) groups is 1. The van der Waals surface area contributed by atoms with Crippen LogP contribution in [-0.2, 0) is 11.3 Å². The van der Waals surface area contributed by atoms with Crippen LogP contribution in [0, 0.1) is 5.82 Å². The summed E-state index contributed by atoms with van der Waals surface area (Å²) in [6.45, 7) is 6.30. The maximum Gasteiger partial charge on any atom is 0.242 e. The van der Waals surface area contributed by atoms with Gasteiger partial charge < -0.3 is 24.9 Å². The van der Waals surface area contributed by atoms with E-state index < -0.39 is 0 Å². The molecule has 0 radical (unpaired) electrons. The Morgan fingerprint density at radius 3 is 2.48 bits per heavy atom. The van der Waals surface area contributed by atoms with Crippen molar-refractivity contribution in [1.82, 2.24) is 15.5 Å². The van der Waals surface area contributed by atoms with Crippen molar-refractivity contribution < 1.29 is 13.6 Å². The van der Waals surface area contributed by atoms with Gasteiger partial charge in [-0.3, -0.25) is 4.79 Å². The largest absolute Gasteiger partial charge is 0.467 e. The highest BCUT2D eigenvalue weighted by Crippen LogP contribution is 2.16. The molecule has 1 aromatic carbocycles. The number of hydrogen-bond acceptors (Lipinski definition) is 4. The van der Waals surface area contributed by atoms with Crippen LogP contribution in [0.15, 0.2) is 52.1 Å². The number of piperazine rings is 1. The number of nitrogens with one attached hydrogen (secondary N) is 2. The summed E-state index contributed by atoms with van der Waals surface area (Å²) in [6.07, 6.45) is 1.58. The molecule has 1 saturated heterocycles. The van der Waals surface area contributed by atoms with Crippen LogP contribution in [-0.4, -0.2) is 56.0 Å². The Hall–Kier alpha value is -2.30. The highest BCUT2D eigenvalue weighted by molar-refractivity contribution is 14.0. The Labute approximate surface area is 187 Å². The monoisotopic (exact) mass is 515 g/mol. The number of benzene rings is 1. The van der Waals surface area contributed by atoms with E-state index in [2.05, 4.69) is 25.4 Å². The van der Waals surface area contributed by atoms with Crippen molar-refractivity contribution >= 4 is 41.5 Å². The van der Waals surface area contributed by atoms with E-state index >= 15 is 0 Å². The Bertz CT molecular complexity index is 775. The molecular weight excluding hydrogens is 488 g/mol. The first-order valence-electron chi connectivity index (χ1n) is 9.48. The molecule has 0 unspecified atom stereocenters. The summed E-state index contributed by atoms with van der Waals surface area (Å²) < 4.78 is 18.3. The third-order valence-corrected chi connectivity index (χ3v) is 4.52. The molecule has 7 nitrogen and oxygen atoms in total. The molecule has 3 rings (SSSR count). The molecule has 1 amide bonds. The van der Waals surface area contributed by atoms with Crippen LogP contribution in [0.5, 0.6) is 0 Å². The maximum atomic E-state index is 13.1. The van der Waals surface area contributed by atoms with Crippen LogP contribution in [0.3, 0.4) is 0 Å². The van der Waals surface area contributed by atoms with E-state index in [1.165, 1.54) is 12.1 Å². The van der Waals surface area contributed by atoms with Gasteiger partial charge in [-0.25, -0.2) is 9.38 Å². The smallest absolute Gasteiger partial charge is 0.242 e. The molecule has 0 spiro atoms. The lowest BCUT2D eigenvalue weighted by molar-refractivity contribution is -0.119. The minimum Gasteiger partial charge on any atom is -0.467 e. The predicted octanol–water partition coefficient (Wildman–Crippen LogP) is 2.44. The second-order valence-corrected chi connectivity index (χ2v) is 6.48. The third kappa shape index (κ3) is 6.91. The predicted molar refractivity (Wildman–Crippen MR) is 122 cm³/mol. The van der Waals surface area contributed by atoms with Crippen LogP contribution in [0.2, 0.25) is 0 Å². The summed E-state index contributed by atoms with van der Waals surface area (Å²) in [5, 5.41) is 6.04. The van der Waals surface area contributed by atoms with Crippen molar-refractivity contribution in [2.45, 2.75) is 13.5 Å². The summed E-state index contributed by atoms with van der Waals surface area (Å²) in [5.74, 6) is 1.06. The van der Waals surface area contributed by atoms with Gasteiger partial charge in [0.1, 0.15) is 18.1 Å². The normalized spacial score (nSPS) is 14.3. The van der Waals surface area contributed by atoms with Gasteiger partial charge in [-0.1, -0.05) is 0 Å². The fraction of sp³-hybridized carbons (Fsp3) is 0.400. The highest BCUT2D eigenvalue weighted by atomic mass is 127. The van der Waals surface area contributed by atoms with Gasteiger partial charge >= 0.3 is 0 Å². The van der Waals surface area contributed by atoms with Crippen molar-refractivity contribution in [3.63, 3.8) is 0 Å². The van der Waals surface area contributed by atoms with Gasteiger partial charge in [0.15, 0.2) is 5.96 Å². The number of amides is 1. The summed E-state index contributed by atoms with van der Waals surface area (Å²) in [5.41, 5.74) is 1.01. The van der Waals surface area contributed by atoms with Crippen molar-refractivity contribution in [3.8, 4) is 0 Å². The molecular formula is C20H27FIN5O2. The van der Waals surface area contributed by atoms with E-state index in [0.29, 0.717) is 12.3 Å². The first-order valence-corrected chi connectivity index (χ1v) is 9.48. The van der Waals surface area contributed by atoms with Crippen LogP contribution < -0.4 is 15.5 Å². The molecule has 29 heavy (non-hydrogen) atoms. The van der Waals surface area contributed by atoms with E-state index in [9.17, 15) is 9.18 Å². The molecule has 1 aromatic heterocycles. The average molecular weight is 515 g/mol. The van der Waals surface area contributed by atoms with E-state index in [1.54, 1.807) is 24.5 Å². The van der Waals surface area contributed by atoms with Gasteiger partial charge in [-0.05, 0) is 43.3 Å². The van der Waals surface area contributed by atoms with Crippen molar-refractivity contribution in [2.75, 3.05) is 44.2 Å². The van der Waals surface area contributed by atoms with Crippen LogP contribution in [0.25, 0.3) is 0 Å². The zero-order valence-electron chi connectivity index (χ0n) is 16.4. The maximum absolute atomic E-state index is 13.1. The zero-order chi connectivity index (χ0) is 19.8. The van der Waals surface area contributed by atoms with E-state index in [1.807, 2.05) is 13.0 Å². The lowest BCUT2D eigenvalue weighted by atomic mass is 10.2. The number of carbonyl (C=O) groups excluding carboxylic acids is 1. The lowest BCUT2D eigenvalue weighted by Crippen LogP contribution is -2.52. The Balaban J connectivity index is 0.00000300. The summed E-state index contributed by atoms with van der Waals surface area (Å²) >= 11 is 0. The molecule has 0 saturated carbocycles. The first-order chi connectivity index (χ1) is 13.7. The molecule has 1 fully saturated rings. The number of guanidine groups is 1. The number of furan rings is 1. The minimum atomic E-state index is -0.228. The van der Waals surface area contributed by atoms with Crippen molar-refractivity contribution in [2.24, 2.45) is 4.99 Å². The summed E-state index contributed by atoms with van der Waals surface area (Å²) in [6, 6.07) is 10.2. The Kier molecular flexibility index (Phi) is 9.23. The minimum absolute atomic E-state index is 0. The zero-order valence-corrected chi connectivity index (χ0v) is 18.8. The molecule has 9 heteroatoms. The van der Waals surface area contributed by atoms with Crippen molar-refractivity contribution in [1.29, 1.82) is 0 Å². The Morgan fingerprint density at radius 1 is 1.14 bits per heavy atom. The van der Waals surface area contributed by atoms with Crippen LogP contribution in [0.1, 0.15) is 12.7 Å². The Morgan fingerprint density at radius 2 is 1.86 bits per heavy atom. The molecule has 0 aliphatic carbocycles. The quantitative estimate of drug-likeness (QED) is 0.352. The number of anilines is 1. The fourth-order valence-electron chi connectivity index (χ4n) is 3.06. The molecule has 0 bridgehead atoms. The fourth-order valence-corrected chi connectivity index (χ4v) is 3.06. The second-order valence-electron chi connectivity index (χ2n) is 6.48. The van der Waals surface area contributed by atoms with Gasteiger partial charge in [0.25, 0.3) is 0 Å². The number of carbonyl (C=O) groups is 1. The van der Waals surface area contributed by atoms with Gasteiger partial charge in [0.2, 0.25) is 5.91 Å². The van der Waals surface area contributed by atoms with Gasteiger partial charge in [0, 0.05) is 38.4 Å². The highest BCUT2D eigenvalue weighted by Gasteiger charge is 2.20. The lowest BCUT2D eigenvalue weighted by Gasteiger charge is -2.37. The topological polar surface area (TPSA) is 73.1 Å². The summed E-state index contributed by atoms with van der Waals surface area (Å²) in [4.78, 5) is 20.9. The SMILES string of the molecule is CCNC(=NCC(=O)NCc1ccco1)N1CCN(c2ccc(F)cc2)CC1.I. The van der Waals surface area contributed by atoms with E-state index in [0.717, 1.165) is 44.4 Å². The number of halogens is 2. The van der Waals surface area contributed by atoms with E-state index in [-0.39, 0.29) is 42.2 Å². The molecule has 1 aliphatic rings. The molecule has 1 aliphatic heterocycles. The van der Waals surface area contributed by atoms with Gasteiger partial charge in [-0.15, -0.1) is 24.0 Å². The molecule has 158 valence electrons. The average Bonchev–Trinajstić information content (AvgIpc) is 3.24. The third-order valence-electron chi connectivity index (χ3n) is 4.52. The van der Waals surface area contributed by atoms with E-state index in [4.69, 9.17) is 4.42 Å². The van der Waals surface area contributed by atoms with Gasteiger partial charge in [-0.2, -0.15) is 0 Å². The molecule has 2 N–H and O–H groups in total.